The zero-order valence-corrected chi connectivity index (χ0v) is 13.0. The van der Waals surface area contributed by atoms with E-state index in [1.54, 1.807) is 0 Å². The van der Waals surface area contributed by atoms with Crippen LogP contribution in [-0.4, -0.2) is 49.1 Å². The highest BCUT2D eigenvalue weighted by Gasteiger charge is 2.27. The standard InChI is InChI=1S/C15H28N2O3/c1-4-13(5-2)16-14(18)11-17-9-7-8-12(10-17)15(19)20-6-3/h12-13H,4-11H2,1-3H3,(H,16,18)/t12-/m0/s1. The summed E-state index contributed by atoms with van der Waals surface area (Å²) in [5.74, 6) is -0.148. The molecule has 1 rings (SSSR count). The number of amides is 1. The zero-order chi connectivity index (χ0) is 15.0. The number of esters is 1. The normalized spacial score (nSPS) is 19.9. The van der Waals surface area contributed by atoms with E-state index in [4.69, 9.17) is 4.74 Å². The first-order valence-corrected chi connectivity index (χ1v) is 7.78. The van der Waals surface area contributed by atoms with Gasteiger partial charge in [0, 0.05) is 12.6 Å². The van der Waals surface area contributed by atoms with Crippen molar-refractivity contribution < 1.29 is 14.3 Å². The second-order valence-electron chi connectivity index (χ2n) is 5.41. The van der Waals surface area contributed by atoms with Gasteiger partial charge in [0.2, 0.25) is 5.91 Å². The number of nitrogens with zero attached hydrogens (tertiary/aromatic N) is 1. The Morgan fingerprint density at radius 1 is 1.30 bits per heavy atom. The Morgan fingerprint density at radius 2 is 2.00 bits per heavy atom. The van der Waals surface area contributed by atoms with E-state index in [-0.39, 0.29) is 23.8 Å². The van der Waals surface area contributed by atoms with Crippen molar-refractivity contribution in [2.75, 3.05) is 26.2 Å². The second-order valence-corrected chi connectivity index (χ2v) is 5.41. The molecule has 0 aromatic carbocycles. The molecule has 1 aliphatic heterocycles. The number of ether oxygens (including phenoxy) is 1. The van der Waals surface area contributed by atoms with Gasteiger partial charge in [0.15, 0.2) is 0 Å². The predicted octanol–water partition coefficient (Wildman–Crippen LogP) is 1.57. The largest absolute Gasteiger partial charge is 0.466 e. The summed E-state index contributed by atoms with van der Waals surface area (Å²) in [5, 5.41) is 3.04. The molecule has 0 bridgehead atoms. The maximum absolute atomic E-state index is 12.0. The summed E-state index contributed by atoms with van der Waals surface area (Å²) in [6, 6.07) is 0.258. The number of nitrogens with one attached hydrogen (secondary N) is 1. The summed E-state index contributed by atoms with van der Waals surface area (Å²) in [6.45, 7) is 8.29. The number of likely N-dealkylation sites (tertiary alicyclic amines) is 1. The van der Waals surface area contributed by atoms with Crippen LogP contribution in [0.1, 0.15) is 46.5 Å². The Hall–Kier alpha value is -1.10. The molecule has 116 valence electrons. The molecule has 5 heteroatoms. The molecule has 1 aliphatic rings. The van der Waals surface area contributed by atoms with E-state index in [1.165, 1.54) is 0 Å². The molecule has 0 spiro atoms. The first kappa shape index (κ1) is 17.0. The highest BCUT2D eigenvalue weighted by atomic mass is 16.5. The van der Waals surface area contributed by atoms with Crippen molar-refractivity contribution in [2.45, 2.75) is 52.5 Å². The van der Waals surface area contributed by atoms with Crippen molar-refractivity contribution in [3.05, 3.63) is 0 Å². The molecule has 0 radical (unpaired) electrons. The van der Waals surface area contributed by atoms with Gasteiger partial charge < -0.3 is 10.1 Å². The first-order chi connectivity index (χ1) is 9.60. The molecule has 1 heterocycles. The Morgan fingerprint density at radius 3 is 2.60 bits per heavy atom. The van der Waals surface area contributed by atoms with Crippen molar-refractivity contribution in [2.24, 2.45) is 5.92 Å². The summed E-state index contributed by atoms with van der Waals surface area (Å²) in [4.78, 5) is 25.8. The molecule has 0 unspecified atom stereocenters. The van der Waals surface area contributed by atoms with Crippen LogP contribution in [0.4, 0.5) is 0 Å². The highest BCUT2D eigenvalue weighted by Crippen LogP contribution is 2.17. The van der Waals surface area contributed by atoms with E-state index in [0.717, 1.165) is 32.2 Å². The van der Waals surface area contributed by atoms with Crippen molar-refractivity contribution in [3.8, 4) is 0 Å². The van der Waals surface area contributed by atoms with Crippen LogP contribution in [0.25, 0.3) is 0 Å². The van der Waals surface area contributed by atoms with Gasteiger partial charge in [-0.1, -0.05) is 13.8 Å². The summed E-state index contributed by atoms with van der Waals surface area (Å²) in [7, 11) is 0. The molecular weight excluding hydrogens is 256 g/mol. The van der Waals surface area contributed by atoms with Crippen molar-refractivity contribution in [1.29, 1.82) is 0 Å². The summed E-state index contributed by atoms with van der Waals surface area (Å²) >= 11 is 0. The number of piperidine rings is 1. The number of rotatable bonds is 7. The lowest BCUT2D eigenvalue weighted by molar-refractivity contribution is -0.150. The van der Waals surface area contributed by atoms with Crippen LogP contribution >= 0.6 is 0 Å². The maximum Gasteiger partial charge on any atom is 0.310 e. The van der Waals surface area contributed by atoms with Gasteiger partial charge in [-0.15, -0.1) is 0 Å². The molecular formula is C15H28N2O3. The van der Waals surface area contributed by atoms with E-state index in [0.29, 0.717) is 19.7 Å². The van der Waals surface area contributed by atoms with Gasteiger partial charge in [0.05, 0.1) is 19.1 Å². The second kappa shape index (κ2) is 8.95. The average molecular weight is 284 g/mol. The van der Waals surface area contributed by atoms with Crippen molar-refractivity contribution in [3.63, 3.8) is 0 Å². The van der Waals surface area contributed by atoms with Crippen LogP contribution < -0.4 is 5.32 Å². The molecule has 1 amide bonds. The monoisotopic (exact) mass is 284 g/mol. The highest BCUT2D eigenvalue weighted by molar-refractivity contribution is 5.78. The number of hydrogen-bond donors (Lipinski definition) is 1. The van der Waals surface area contributed by atoms with Gasteiger partial charge >= 0.3 is 5.97 Å². The van der Waals surface area contributed by atoms with Crippen LogP contribution in [0.3, 0.4) is 0 Å². The third-order valence-corrected chi connectivity index (χ3v) is 3.84. The Bertz CT molecular complexity index is 316. The maximum atomic E-state index is 12.0. The average Bonchev–Trinajstić information content (AvgIpc) is 2.45. The fourth-order valence-corrected chi connectivity index (χ4v) is 2.62. The van der Waals surface area contributed by atoms with E-state index in [9.17, 15) is 9.59 Å². The summed E-state index contributed by atoms with van der Waals surface area (Å²) in [5.41, 5.74) is 0. The van der Waals surface area contributed by atoms with E-state index < -0.39 is 0 Å². The molecule has 0 saturated carbocycles. The van der Waals surface area contributed by atoms with E-state index in [1.807, 2.05) is 6.92 Å². The van der Waals surface area contributed by atoms with Crippen molar-refractivity contribution in [1.82, 2.24) is 10.2 Å². The van der Waals surface area contributed by atoms with Gasteiger partial charge in [-0.25, -0.2) is 0 Å². The van der Waals surface area contributed by atoms with Gasteiger partial charge in [-0.3, -0.25) is 14.5 Å². The Kier molecular flexibility index (Phi) is 7.59. The minimum absolute atomic E-state index is 0.0585. The lowest BCUT2D eigenvalue weighted by Crippen LogP contribution is -2.46. The number of hydrogen-bond acceptors (Lipinski definition) is 4. The van der Waals surface area contributed by atoms with Gasteiger partial charge in [0.1, 0.15) is 0 Å². The predicted molar refractivity (Wildman–Crippen MR) is 78.3 cm³/mol. The minimum Gasteiger partial charge on any atom is -0.466 e. The molecule has 0 aromatic heterocycles. The number of carbonyl (C=O) groups excluding carboxylic acids is 2. The molecule has 0 aromatic rings. The Balaban J connectivity index is 2.39. The molecule has 5 nitrogen and oxygen atoms in total. The van der Waals surface area contributed by atoms with Crippen molar-refractivity contribution >= 4 is 11.9 Å². The van der Waals surface area contributed by atoms with Crippen LogP contribution in [0.2, 0.25) is 0 Å². The molecule has 20 heavy (non-hydrogen) atoms. The lowest BCUT2D eigenvalue weighted by atomic mass is 9.98. The Labute approximate surface area is 122 Å². The van der Waals surface area contributed by atoms with Crippen LogP contribution in [-0.2, 0) is 14.3 Å². The SMILES string of the molecule is CCOC(=O)[C@H]1CCCN(CC(=O)NC(CC)CC)C1. The number of carbonyl (C=O) groups is 2. The minimum atomic E-state index is -0.127. The topological polar surface area (TPSA) is 58.6 Å². The summed E-state index contributed by atoms with van der Waals surface area (Å²) < 4.78 is 5.07. The van der Waals surface area contributed by atoms with Crippen LogP contribution in [0, 0.1) is 5.92 Å². The third-order valence-electron chi connectivity index (χ3n) is 3.84. The molecule has 1 N–H and O–H groups in total. The zero-order valence-electron chi connectivity index (χ0n) is 13.0. The molecule has 1 atom stereocenters. The van der Waals surface area contributed by atoms with Gasteiger partial charge in [-0.2, -0.15) is 0 Å². The smallest absolute Gasteiger partial charge is 0.310 e. The quantitative estimate of drug-likeness (QED) is 0.721. The van der Waals surface area contributed by atoms with Gasteiger partial charge in [-0.05, 0) is 39.2 Å². The fourth-order valence-electron chi connectivity index (χ4n) is 2.62. The molecule has 1 fully saturated rings. The fraction of sp³-hybridized carbons (Fsp3) is 0.867. The van der Waals surface area contributed by atoms with Crippen LogP contribution in [0.5, 0.6) is 0 Å². The van der Waals surface area contributed by atoms with E-state index >= 15 is 0 Å². The third kappa shape index (κ3) is 5.49. The van der Waals surface area contributed by atoms with Gasteiger partial charge in [0.25, 0.3) is 0 Å². The first-order valence-electron chi connectivity index (χ1n) is 7.78. The molecule has 0 aliphatic carbocycles. The summed E-state index contributed by atoms with van der Waals surface area (Å²) in [6.07, 6.45) is 3.71. The van der Waals surface area contributed by atoms with Crippen LogP contribution in [0.15, 0.2) is 0 Å². The molecule has 1 saturated heterocycles. The lowest BCUT2D eigenvalue weighted by Gasteiger charge is -2.31. The van der Waals surface area contributed by atoms with E-state index in [2.05, 4.69) is 24.1 Å².